The predicted octanol–water partition coefficient (Wildman–Crippen LogP) is 1.19. The maximum Gasteiger partial charge on any atom is 0.0742 e. The minimum atomic E-state index is -0.560. The summed E-state index contributed by atoms with van der Waals surface area (Å²) < 4.78 is 4.93. The molecule has 2 N–H and O–H groups in total. The normalized spacial score (nSPS) is 11.4. The van der Waals surface area contributed by atoms with Crippen molar-refractivity contribution in [1.82, 2.24) is 0 Å². The molecule has 0 aliphatic rings. The minimum absolute atomic E-state index is 0.139. The third-order valence-electron chi connectivity index (χ3n) is 1.42. The van der Waals surface area contributed by atoms with Gasteiger partial charge >= 0.3 is 0 Å². The molecule has 1 aromatic rings. The molecule has 14 heavy (non-hydrogen) atoms. The average molecular weight is 198 g/mol. The largest absolute Gasteiger partial charge is 0.394 e. The van der Waals surface area contributed by atoms with Crippen molar-refractivity contribution in [2.75, 3.05) is 13.7 Å². The molecule has 0 amide bonds. The van der Waals surface area contributed by atoms with Crippen LogP contribution in [0.15, 0.2) is 30.3 Å². The molecule has 1 rings (SSSR count). The van der Waals surface area contributed by atoms with Crippen molar-refractivity contribution in [1.29, 1.82) is 0 Å². The van der Waals surface area contributed by atoms with Crippen LogP contribution in [0.1, 0.15) is 12.5 Å². The van der Waals surface area contributed by atoms with Crippen LogP contribution in [0.2, 0.25) is 0 Å². The van der Waals surface area contributed by atoms with Gasteiger partial charge in [-0.05, 0) is 12.5 Å². The molecule has 3 heteroatoms. The smallest absolute Gasteiger partial charge is 0.0742 e. The summed E-state index contributed by atoms with van der Waals surface area (Å²) in [6.45, 7) is 2.10. The van der Waals surface area contributed by atoms with Gasteiger partial charge in [0.2, 0.25) is 0 Å². The van der Waals surface area contributed by atoms with E-state index in [0.717, 1.165) is 0 Å². The van der Waals surface area contributed by atoms with Crippen LogP contribution in [0.3, 0.4) is 0 Å². The van der Waals surface area contributed by atoms with Crippen LogP contribution in [-0.4, -0.2) is 30.0 Å². The molecule has 0 saturated carbocycles. The molecule has 1 unspecified atom stereocenters. The van der Waals surface area contributed by atoms with E-state index in [1.54, 1.807) is 7.11 Å². The zero-order valence-electron chi connectivity index (χ0n) is 8.68. The summed E-state index contributed by atoms with van der Waals surface area (Å²) in [4.78, 5) is 0. The summed E-state index contributed by atoms with van der Waals surface area (Å²) in [5.41, 5.74) is 1.22. The number of aliphatic hydroxyl groups is 2. The third kappa shape index (κ3) is 7.73. The number of rotatable bonds is 3. The van der Waals surface area contributed by atoms with Gasteiger partial charge in [-0.1, -0.05) is 30.3 Å². The monoisotopic (exact) mass is 198 g/mol. The highest BCUT2D eigenvalue weighted by molar-refractivity contribution is 5.13. The van der Waals surface area contributed by atoms with E-state index >= 15 is 0 Å². The predicted molar refractivity (Wildman–Crippen MR) is 55.9 cm³/mol. The van der Waals surface area contributed by atoms with Crippen molar-refractivity contribution in [3.05, 3.63) is 35.9 Å². The first-order valence-electron chi connectivity index (χ1n) is 4.52. The lowest BCUT2D eigenvalue weighted by Crippen LogP contribution is -2.03. The number of benzene rings is 1. The molecule has 0 saturated heterocycles. The second-order valence-electron chi connectivity index (χ2n) is 2.95. The van der Waals surface area contributed by atoms with Crippen LogP contribution in [0.5, 0.6) is 0 Å². The zero-order valence-corrected chi connectivity index (χ0v) is 8.68. The molecule has 3 nitrogen and oxygen atoms in total. The van der Waals surface area contributed by atoms with Gasteiger partial charge in [-0.3, -0.25) is 0 Å². The highest BCUT2D eigenvalue weighted by atomic mass is 16.5. The van der Waals surface area contributed by atoms with Crippen LogP contribution in [0.25, 0.3) is 0 Å². The van der Waals surface area contributed by atoms with Gasteiger partial charge in [0.1, 0.15) is 0 Å². The van der Waals surface area contributed by atoms with Gasteiger partial charge in [-0.2, -0.15) is 0 Å². The summed E-state index contributed by atoms with van der Waals surface area (Å²) in [5.74, 6) is 0. The van der Waals surface area contributed by atoms with Gasteiger partial charge in [0.25, 0.3) is 0 Å². The summed E-state index contributed by atoms with van der Waals surface area (Å²) in [5, 5.41) is 16.0. The maximum absolute atomic E-state index is 8.11. The molecule has 0 bridgehead atoms. The summed E-state index contributed by atoms with van der Waals surface area (Å²) in [7, 11) is 1.70. The third-order valence-corrected chi connectivity index (χ3v) is 1.42. The first-order chi connectivity index (χ1) is 6.70. The molecule has 0 fully saturated rings. The highest BCUT2D eigenvalue weighted by Crippen LogP contribution is 1.98. The first-order valence-corrected chi connectivity index (χ1v) is 4.52. The van der Waals surface area contributed by atoms with E-state index in [1.807, 2.05) is 30.3 Å². The topological polar surface area (TPSA) is 49.7 Å². The van der Waals surface area contributed by atoms with Gasteiger partial charge in [0.05, 0.1) is 19.3 Å². The average Bonchev–Trinajstić information content (AvgIpc) is 2.21. The SMILES string of the molecule is CC(O)CO.COCc1ccccc1. The molecule has 0 radical (unpaired) electrons. The molecule has 0 spiro atoms. The van der Waals surface area contributed by atoms with Crippen molar-refractivity contribution in [2.24, 2.45) is 0 Å². The number of ether oxygens (including phenoxy) is 1. The van der Waals surface area contributed by atoms with Gasteiger partial charge in [-0.15, -0.1) is 0 Å². The lowest BCUT2D eigenvalue weighted by molar-refractivity contribution is 0.110. The van der Waals surface area contributed by atoms with Crippen molar-refractivity contribution < 1.29 is 14.9 Å². The van der Waals surface area contributed by atoms with E-state index in [-0.39, 0.29) is 6.61 Å². The van der Waals surface area contributed by atoms with E-state index in [9.17, 15) is 0 Å². The lowest BCUT2D eigenvalue weighted by Gasteiger charge is -1.95. The second kappa shape index (κ2) is 8.69. The fraction of sp³-hybridized carbons (Fsp3) is 0.455. The van der Waals surface area contributed by atoms with E-state index in [2.05, 4.69) is 0 Å². The Morgan fingerprint density at radius 3 is 2.14 bits per heavy atom. The van der Waals surface area contributed by atoms with Crippen LogP contribution < -0.4 is 0 Å². The molecule has 0 aromatic heterocycles. The second-order valence-corrected chi connectivity index (χ2v) is 2.95. The Morgan fingerprint density at radius 2 is 1.79 bits per heavy atom. The Morgan fingerprint density at radius 1 is 1.29 bits per heavy atom. The standard InChI is InChI=1S/C8H10O.C3H8O2/c1-9-7-8-5-3-2-4-6-8;1-3(5)2-4/h2-6H,7H2,1H3;3-5H,2H2,1H3. The van der Waals surface area contributed by atoms with Crippen molar-refractivity contribution in [3.8, 4) is 0 Å². The van der Waals surface area contributed by atoms with Gasteiger partial charge < -0.3 is 14.9 Å². The molecule has 1 aromatic carbocycles. The Hall–Kier alpha value is -0.900. The number of methoxy groups -OCH3 is 1. The molecule has 0 aliphatic carbocycles. The van der Waals surface area contributed by atoms with Crippen LogP contribution in [0.4, 0.5) is 0 Å². The minimum Gasteiger partial charge on any atom is -0.394 e. The molecule has 80 valence electrons. The van der Waals surface area contributed by atoms with Crippen LogP contribution >= 0.6 is 0 Å². The number of aliphatic hydroxyl groups excluding tert-OH is 2. The molecule has 0 heterocycles. The van der Waals surface area contributed by atoms with Crippen molar-refractivity contribution >= 4 is 0 Å². The van der Waals surface area contributed by atoms with Gasteiger partial charge in [0, 0.05) is 7.11 Å². The van der Waals surface area contributed by atoms with E-state index in [1.165, 1.54) is 12.5 Å². The molecule has 0 aliphatic heterocycles. The zero-order chi connectivity index (χ0) is 10.8. The van der Waals surface area contributed by atoms with E-state index < -0.39 is 6.10 Å². The van der Waals surface area contributed by atoms with E-state index in [0.29, 0.717) is 6.61 Å². The fourth-order valence-electron chi connectivity index (χ4n) is 0.741. The summed E-state index contributed by atoms with van der Waals surface area (Å²) >= 11 is 0. The van der Waals surface area contributed by atoms with E-state index in [4.69, 9.17) is 14.9 Å². The maximum atomic E-state index is 8.11. The molecule has 1 atom stereocenters. The lowest BCUT2D eigenvalue weighted by atomic mass is 10.2. The quantitative estimate of drug-likeness (QED) is 0.767. The number of hydrogen-bond donors (Lipinski definition) is 2. The first kappa shape index (κ1) is 13.1. The van der Waals surface area contributed by atoms with Crippen molar-refractivity contribution in [2.45, 2.75) is 19.6 Å². The number of hydrogen-bond acceptors (Lipinski definition) is 3. The Labute approximate surface area is 85.0 Å². The molecular weight excluding hydrogens is 180 g/mol. The van der Waals surface area contributed by atoms with Gasteiger partial charge in [-0.25, -0.2) is 0 Å². The van der Waals surface area contributed by atoms with Crippen molar-refractivity contribution in [3.63, 3.8) is 0 Å². The Balaban J connectivity index is 0.000000292. The molecular formula is C11H18O3. The highest BCUT2D eigenvalue weighted by Gasteiger charge is 1.84. The Kier molecular flexibility index (Phi) is 8.13. The Bertz CT molecular complexity index is 209. The van der Waals surface area contributed by atoms with Gasteiger partial charge in [0.15, 0.2) is 0 Å². The van der Waals surface area contributed by atoms with Crippen LogP contribution in [0, 0.1) is 0 Å². The summed E-state index contributed by atoms with van der Waals surface area (Å²) in [6, 6.07) is 10.1. The fourth-order valence-corrected chi connectivity index (χ4v) is 0.741. The summed E-state index contributed by atoms with van der Waals surface area (Å²) in [6.07, 6.45) is -0.560. The van der Waals surface area contributed by atoms with Crippen LogP contribution in [-0.2, 0) is 11.3 Å².